The van der Waals surface area contributed by atoms with Gasteiger partial charge in [0.1, 0.15) is 5.82 Å². The molecule has 4 atom stereocenters. The molecule has 7 heteroatoms. The first-order valence-corrected chi connectivity index (χ1v) is 10.7. The van der Waals surface area contributed by atoms with Crippen molar-refractivity contribution in [1.82, 2.24) is 14.5 Å². The van der Waals surface area contributed by atoms with Crippen LogP contribution in [0.5, 0.6) is 0 Å². The Bertz CT molecular complexity index is 1100. The van der Waals surface area contributed by atoms with Crippen molar-refractivity contribution in [2.75, 3.05) is 13.1 Å². The molecule has 2 heterocycles. The number of aromatic nitrogens is 2. The largest absolute Gasteiger partial charge is 0.391 e. The average Bonchev–Trinajstić information content (AvgIpc) is 3.33. The van der Waals surface area contributed by atoms with Gasteiger partial charge in [0.15, 0.2) is 0 Å². The van der Waals surface area contributed by atoms with Gasteiger partial charge in [0.25, 0.3) is 0 Å². The number of rotatable bonds is 3. The van der Waals surface area contributed by atoms with Crippen LogP contribution in [0.2, 0.25) is 5.02 Å². The van der Waals surface area contributed by atoms with Crippen molar-refractivity contribution in [3.8, 4) is 0 Å². The standard InChI is InChI=1S/C23H23ClFN3O2/c24-18-10-17(25)6-5-14(18)9-23(30)27-11-15-7-21(22(29)8-16(15)12-27)28-13-26-19-3-1-2-4-20(19)28/h1-6,10,13,15-16,21-22,29H,7-9,11-12H2/t15-,16+,21-,22-/m1/s1. The summed E-state index contributed by atoms with van der Waals surface area (Å²) in [4.78, 5) is 19.2. The van der Waals surface area contributed by atoms with Crippen LogP contribution in [0.1, 0.15) is 24.4 Å². The molecule has 2 aliphatic rings. The van der Waals surface area contributed by atoms with Crippen LogP contribution in [0, 0.1) is 17.7 Å². The van der Waals surface area contributed by atoms with E-state index in [4.69, 9.17) is 11.6 Å². The van der Waals surface area contributed by atoms with E-state index in [2.05, 4.69) is 9.55 Å². The monoisotopic (exact) mass is 427 g/mol. The summed E-state index contributed by atoms with van der Waals surface area (Å²) in [6.07, 6.45) is 2.99. The molecule has 5 nitrogen and oxygen atoms in total. The van der Waals surface area contributed by atoms with Crippen molar-refractivity contribution in [3.63, 3.8) is 0 Å². The molecule has 1 aliphatic heterocycles. The topological polar surface area (TPSA) is 58.4 Å². The third kappa shape index (κ3) is 3.48. The van der Waals surface area contributed by atoms with E-state index in [1.165, 1.54) is 12.1 Å². The molecule has 0 bridgehead atoms. The van der Waals surface area contributed by atoms with Gasteiger partial charge in [0.05, 0.1) is 35.9 Å². The summed E-state index contributed by atoms with van der Waals surface area (Å²) in [5, 5.41) is 11.1. The fraction of sp³-hybridized carbons (Fsp3) is 0.391. The lowest BCUT2D eigenvalue weighted by molar-refractivity contribution is -0.129. The number of carbonyl (C=O) groups excluding carboxylic acids is 1. The zero-order chi connectivity index (χ0) is 20.8. The fourth-order valence-electron chi connectivity index (χ4n) is 5.09. The molecule has 2 fully saturated rings. The summed E-state index contributed by atoms with van der Waals surface area (Å²) >= 11 is 6.09. The Kier molecular flexibility index (Phi) is 4.99. The second-order valence-electron chi connectivity index (χ2n) is 8.48. The van der Waals surface area contributed by atoms with Gasteiger partial charge in [-0.05, 0) is 54.5 Å². The van der Waals surface area contributed by atoms with Gasteiger partial charge >= 0.3 is 0 Å². The third-order valence-electron chi connectivity index (χ3n) is 6.66. The number of likely N-dealkylation sites (tertiary alicyclic amines) is 1. The molecule has 1 aliphatic carbocycles. The second kappa shape index (κ2) is 7.67. The summed E-state index contributed by atoms with van der Waals surface area (Å²) < 4.78 is 15.3. The summed E-state index contributed by atoms with van der Waals surface area (Å²) in [6.45, 7) is 1.33. The summed E-state index contributed by atoms with van der Waals surface area (Å²) in [5.74, 6) is 0.221. The number of para-hydroxylation sites is 2. The molecule has 1 saturated heterocycles. The van der Waals surface area contributed by atoms with Crippen molar-refractivity contribution in [3.05, 3.63) is 65.2 Å². The van der Waals surface area contributed by atoms with Crippen LogP contribution >= 0.6 is 11.6 Å². The number of amides is 1. The molecule has 1 N–H and O–H groups in total. The highest BCUT2D eigenvalue weighted by atomic mass is 35.5. The van der Waals surface area contributed by atoms with Crippen molar-refractivity contribution >= 4 is 28.5 Å². The maximum absolute atomic E-state index is 13.3. The number of halogens is 2. The highest BCUT2D eigenvalue weighted by Crippen LogP contribution is 2.42. The van der Waals surface area contributed by atoms with Crippen molar-refractivity contribution in [1.29, 1.82) is 0 Å². The van der Waals surface area contributed by atoms with Crippen LogP contribution in [0.25, 0.3) is 11.0 Å². The van der Waals surface area contributed by atoms with Crippen LogP contribution < -0.4 is 0 Å². The summed E-state index contributed by atoms with van der Waals surface area (Å²) in [5.41, 5.74) is 2.59. The molecule has 1 saturated carbocycles. The molecule has 5 rings (SSSR count). The Balaban J connectivity index is 1.30. The van der Waals surface area contributed by atoms with Gasteiger partial charge in [-0.3, -0.25) is 4.79 Å². The van der Waals surface area contributed by atoms with E-state index in [1.54, 1.807) is 6.07 Å². The van der Waals surface area contributed by atoms with Crippen LogP contribution in [0.3, 0.4) is 0 Å². The van der Waals surface area contributed by atoms with E-state index in [1.807, 2.05) is 35.5 Å². The molecule has 3 aromatic rings. The first-order valence-electron chi connectivity index (χ1n) is 10.3. The van der Waals surface area contributed by atoms with Crippen molar-refractivity contribution in [2.24, 2.45) is 11.8 Å². The van der Waals surface area contributed by atoms with Gasteiger partial charge in [0.2, 0.25) is 5.91 Å². The third-order valence-corrected chi connectivity index (χ3v) is 7.01. The van der Waals surface area contributed by atoms with Gasteiger partial charge in [-0.1, -0.05) is 29.8 Å². The number of fused-ring (bicyclic) bond motifs is 2. The Labute approximate surface area is 179 Å². The first-order chi connectivity index (χ1) is 14.5. The van der Waals surface area contributed by atoms with Gasteiger partial charge in [-0.15, -0.1) is 0 Å². The first kappa shape index (κ1) is 19.5. The van der Waals surface area contributed by atoms with E-state index in [0.29, 0.717) is 36.9 Å². The van der Waals surface area contributed by atoms with E-state index >= 15 is 0 Å². The number of hydrogen-bond acceptors (Lipinski definition) is 3. The molecule has 1 aromatic heterocycles. The minimum absolute atomic E-state index is 0.00275. The molecule has 30 heavy (non-hydrogen) atoms. The Hall–Kier alpha value is -2.44. The quantitative estimate of drug-likeness (QED) is 0.690. The van der Waals surface area contributed by atoms with Gasteiger partial charge in [-0.25, -0.2) is 9.37 Å². The van der Waals surface area contributed by atoms with Crippen LogP contribution in [0.4, 0.5) is 4.39 Å². The van der Waals surface area contributed by atoms with Crippen molar-refractivity contribution in [2.45, 2.75) is 31.4 Å². The minimum Gasteiger partial charge on any atom is -0.391 e. The molecule has 156 valence electrons. The molecule has 0 spiro atoms. The van der Waals surface area contributed by atoms with Gasteiger partial charge in [0, 0.05) is 18.1 Å². The normalized spacial score (nSPS) is 26.2. The lowest BCUT2D eigenvalue weighted by atomic mass is 9.77. The molecule has 1 amide bonds. The highest BCUT2D eigenvalue weighted by molar-refractivity contribution is 6.31. The Morgan fingerprint density at radius 1 is 1.17 bits per heavy atom. The lowest BCUT2D eigenvalue weighted by Crippen LogP contribution is -2.36. The van der Waals surface area contributed by atoms with Crippen LogP contribution in [-0.4, -0.2) is 44.7 Å². The predicted octanol–water partition coefficient (Wildman–Crippen LogP) is 3.84. The molecule has 0 radical (unpaired) electrons. The zero-order valence-electron chi connectivity index (χ0n) is 16.4. The van der Waals surface area contributed by atoms with Crippen LogP contribution in [0.15, 0.2) is 48.8 Å². The van der Waals surface area contributed by atoms with Gasteiger partial charge in [-0.2, -0.15) is 0 Å². The zero-order valence-corrected chi connectivity index (χ0v) is 17.2. The number of hydrogen-bond donors (Lipinski definition) is 1. The van der Waals surface area contributed by atoms with E-state index in [-0.39, 0.29) is 23.4 Å². The number of aliphatic hydroxyl groups excluding tert-OH is 1. The summed E-state index contributed by atoms with van der Waals surface area (Å²) in [7, 11) is 0. The molecular weight excluding hydrogens is 405 g/mol. The van der Waals surface area contributed by atoms with E-state index < -0.39 is 11.9 Å². The summed E-state index contributed by atoms with van der Waals surface area (Å²) in [6, 6.07) is 12.0. The van der Waals surface area contributed by atoms with Crippen molar-refractivity contribution < 1.29 is 14.3 Å². The van der Waals surface area contributed by atoms with E-state index in [0.717, 1.165) is 17.5 Å². The molecular formula is C23H23ClFN3O2. The maximum atomic E-state index is 13.3. The Morgan fingerprint density at radius 2 is 1.93 bits per heavy atom. The predicted molar refractivity (Wildman–Crippen MR) is 113 cm³/mol. The maximum Gasteiger partial charge on any atom is 0.227 e. The van der Waals surface area contributed by atoms with Gasteiger partial charge < -0.3 is 14.6 Å². The second-order valence-corrected chi connectivity index (χ2v) is 8.89. The minimum atomic E-state index is -0.467. The number of nitrogens with zero attached hydrogens (tertiary/aromatic N) is 3. The smallest absolute Gasteiger partial charge is 0.227 e. The SMILES string of the molecule is O=C(Cc1ccc(F)cc1Cl)N1C[C@H]2C[C@@H](n3cnc4ccccc43)[C@H](O)C[C@H]2C1. The molecule has 2 aromatic carbocycles. The number of carbonyl (C=O) groups is 1. The average molecular weight is 428 g/mol. The highest BCUT2D eigenvalue weighted by Gasteiger charge is 2.43. The fourth-order valence-corrected chi connectivity index (χ4v) is 5.33. The lowest BCUT2D eigenvalue weighted by Gasteiger charge is -2.36. The molecule has 0 unspecified atom stereocenters. The number of aliphatic hydroxyl groups is 1. The van der Waals surface area contributed by atoms with Crippen LogP contribution in [-0.2, 0) is 11.2 Å². The number of imidazole rings is 1. The Morgan fingerprint density at radius 3 is 2.73 bits per heavy atom. The van der Waals surface area contributed by atoms with E-state index in [9.17, 15) is 14.3 Å². The number of benzene rings is 2.